The summed E-state index contributed by atoms with van der Waals surface area (Å²) >= 11 is 0. The predicted octanol–water partition coefficient (Wildman–Crippen LogP) is 1.55. The fourth-order valence-electron chi connectivity index (χ4n) is 3.88. The summed E-state index contributed by atoms with van der Waals surface area (Å²) in [6.07, 6.45) is 5.78. The second-order valence-electron chi connectivity index (χ2n) is 6.95. The molecule has 2 heterocycles. The smallest absolute Gasteiger partial charge is 0.224 e. The quantitative estimate of drug-likeness (QED) is 0.809. The van der Waals surface area contributed by atoms with Crippen molar-refractivity contribution in [3.05, 3.63) is 0 Å². The van der Waals surface area contributed by atoms with Crippen LogP contribution in [-0.2, 0) is 9.53 Å². The number of rotatable bonds is 2. The first-order valence-corrected chi connectivity index (χ1v) is 8.24. The van der Waals surface area contributed by atoms with Gasteiger partial charge in [-0.15, -0.1) is 0 Å². The van der Waals surface area contributed by atoms with E-state index in [2.05, 4.69) is 23.6 Å². The van der Waals surface area contributed by atoms with E-state index in [1.165, 1.54) is 0 Å². The number of nitriles is 1. The lowest BCUT2D eigenvalue weighted by Crippen LogP contribution is -2.55. The Labute approximate surface area is 126 Å². The molecule has 116 valence electrons. The van der Waals surface area contributed by atoms with Gasteiger partial charge in [0, 0.05) is 24.8 Å². The number of ether oxygens (including phenoxy) is 1. The third-order valence-corrected chi connectivity index (χ3v) is 5.32. The number of piperidine rings is 1. The third kappa shape index (κ3) is 3.38. The Balaban J connectivity index is 1.48. The molecule has 3 fully saturated rings. The van der Waals surface area contributed by atoms with Gasteiger partial charge < -0.3 is 10.1 Å². The molecule has 2 N–H and O–H groups in total. The number of hydrogen-bond donors (Lipinski definition) is 2. The van der Waals surface area contributed by atoms with Crippen molar-refractivity contribution in [2.45, 2.75) is 63.8 Å². The van der Waals surface area contributed by atoms with Crippen LogP contribution in [0.1, 0.15) is 45.4 Å². The topological polar surface area (TPSA) is 74.1 Å². The van der Waals surface area contributed by atoms with E-state index in [9.17, 15) is 4.79 Å². The molecule has 0 aromatic rings. The van der Waals surface area contributed by atoms with Crippen LogP contribution in [0.2, 0.25) is 0 Å². The number of nitrogens with zero attached hydrogens (tertiary/aromatic N) is 1. The minimum atomic E-state index is -0.268. The van der Waals surface area contributed by atoms with Crippen LogP contribution < -0.4 is 10.6 Å². The average Bonchev–Trinajstić information content (AvgIpc) is 2.90. The highest BCUT2D eigenvalue weighted by Gasteiger charge is 2.40. The molecule has 2 aliphatic heterocycles. The molecule has 0 spiro atoms. The van der Waals surface area contributed by atoms with Gasteiger partial charge in [0.25, 0.3) is 0 Å². The zero-order valence-corrected chi connectivity index (χ0v) is 12.7. The second-order valence-corrected chi connectivity index (χ2v) is 6.95. The molecule has 0 radical (unpaired) electrons. The number of fused-ring (bicyclic) bond motifs is 1. The summed E-state index contributed by atoms with van der Waals surface area (Å²) in [4.78, 5) is 12.3. The summed E-state index contributed by atoms with van der Waals surface area (Å²) in [5, 5.41) is 15.5. The zero-order valence-electron chi connectivity index (χ0n) is 12.7. The Hall–Kier alpha value is -1.12. The van der Waals surface area contributed by atoms with Crippen LogP contribution in [-0.4, -0.2) is 30.8 Å². The van der Waals surface area contributed by atoms with Crippen molar-refractivity contribution >= 4 is 5.91 Å². The number of nitrogens with one attached hydrogen (secondary N) is 2. The number of hydrogen-bond acceptors (Lipinski definition) is 4. The molecule has 1 aliphatic carbocycles. The van der Waals surface area contributed by atoms with Gasteiger partial charge in [-0.3, -0.25) is 10.1 Å². The molecule has 0 aromatic carbocycles. The van der Waals surface area contributed by atoms with Gasteiger partial charge in [-0.25, -0.2) is 0 Å². The normalized spacial score (nSPS) is 42.9. The van der Waals surface area contributed by atoms with Gasteiger partial charge in [-0.2, -0.15) is 5.26 Å². The van der Waals surface area contributed by atoms with Crippen LogP contribution in [0.3, 0.4) is 0 Å². The SMILES string of the molecule is CC1CCC(C(=O)NC2CC3OC(C#N)CC3CN2)CC1. The van der Waals surface area contributed by atoms with E-state index < -0.39 is 0 Å². The molecule has 3 rings (SSSR count). The first kappa shape index (κ1) is 14.8. The van der Waals surface area contributed by atoms with Crippen LogP contribution >= 0.6 is 0 Å². The molecular formula is C16H25N3O2. The van der Waals surface area contributed by atoms with Crippen LogP contribution in [0.25, 0.3) is 0 Å². The van der Waals surface area contributed by atoms with Crippen LogP contribution in [0, 0.1) is 29.1 Å². The standard InChI is InChI=1S/C16H25N3O2/c1-10-2-4-11(5-3-10)16(20)19-15-7-14-12(9-18-15)6-13(8-17)21-14/h10-15,18H,2-7,9H2,1H3,(H,19,20). The lowest BCUT2D eigenvalue weighted by atomic mass is 9.82. The van der Waals surface area contributed by atoms with E-state index >= 15 is 0 Å². The minimum Gasteiger partial charge on any atom is -0.360 e. The Bertz CT molecular complexity index is 426. The van der Waals surface area contributed by atoms with Gasteiger partial charge in [-0.05, 0) is 38.0 Å². The first-order chi connectivity index (χ1) is 10.2. The molecule has 1 amide bonds. The summed E-state index contributed by atoms with van der Waals surface area (Å²) in [6, 6.07) is 2.19. The molecule has 4 unspecified atom stereocenters. The fraction of sp³-hybridized carbons (Fsp3) is 0.875. The first-order valence-electron chi connectivity index (χ1n) is 8.24. The summed E-state index contributed by atoms with van der Waals surface area (Å²) < 4.78 is 5.73. The van der Waals surface area contributed by atoms with Crippen molar-refractivity contribution in [1.82, 2.24) is 10.6 Å². The molecular weight excluding hydrogens is 266 g/mol. The van der Waals surface area contributed by atoms with Crippen molar-refractivity contribution < 1.29 is 9.53 Å². The lowest BCUT2D eigenvalue weighted by molar-refractivity contribution is -0.127. The average molecular weight is 291 g/mol. The lowest BCUT2D eigenvalue weighted by Gasteiger charge is -2.34. The highest BCUT2D eigenvalue weighted by Crippen LogP contribution is 2.32. The van der Waals surface area contributed by atoms with Crippen molar-refractivity contribution in [3.63, 3.8) is 0 Å². The Kier molecular flexibility index (Phi) is 4.46. The summed E-state index contributed by atoms with van der Waals surface area (Å²) in [7, 11) is 0. The molecule has 0 aromatic heterocycles. The Morgan fingerprint density at radius 3 is 2.76 bits per heavy atom. The van der Waals surface area contributed by atoms with Crippen molar-refractivity contribution in [1.29, 1.82) is 5.26 Å². The van der Waals surface area contributed by atoms with Crippen LogP contribution in [0.15, 0.2) is 0 Å². The molecule has 5 heteroatoms. The van der Waals surface area contributed by atoms with Gasteiger partial charge in [0.1, 0.15) is 6.10 Å². The molecule has 0 bridgehead atoms. The van der Waals surface area contributed by atoms with E-state index in [-0.39, 0.29) is 30.2 Å². The van der Waals surface area contributed by atoms with Crippen molar-refractivity contribution in [2.75, 3.05) is 6.54 Å². The Morgan fingerprint density at radius 1 is 1.29 bits per heavy atom. The van der Waals surface area contributed by atoms with E-state index in [4.69, 9.17) is 10.00 Å². The number of carbonyl (C=O) groups excluding carboxylic acids is 1. The van der Waals surface area contributed by atoms with Gasteiger partial charge in [0.2, 0.25) is 5.91 Å². The van der Waals surface area contributed by atoms with Crippen LogP contribution in [0.4, 0.5) is 0 Å². The summed E-state index contributed by atoms with van der Waals surface area (Å²) in [6.45, 7) is 3.09. The van der Waals surface area contributed by atoms with Crippen molar-refractivity contribution in [2.24, 2.45) is 17.8 Å². The Morgan fingerprint density at radius 2 is 2.05 bits per heavy atom. The second kappa shape index (κ2) is 6.33. The monoisotopic (exact) mass is 291 g/mol. The van der Waals surface area contributed by atoms with Gasteiger partial charge in [0.05, 0.1) is 18.3 Å². The largest absolute Gasteiger partial charge is 0.360 e. The summed E-state index contributed by atoms with van der Waals surface area (Å²) in [5.74, 6) is 1.54. The molecule has 5 nitrogen and oxygen atoms in total. The third-order valence-electron chi connectivity index (χ3n) is 5.32. The van der Waals surface area contributed by atoms with E-state index in [0.29, 0.717) is 5.92 Å². The maximum absolute atomic E-state index is 12.3. The van der Waals surface area contributed by atoms with E-state index in [0.717, 1.165) is 51.0 Å². The maximum atomic E-state index is 12.3. The fourth-order valence-corrected chi connectivity index (χ4v) is 3.88. The molecule has 21 heavy (non-hydrogen) atoms. The minimum absolute atomic E-state index is 0.00413. The molecule has 4 atom stereocenters. The molecule has 1 saturated carbocycles. The van der Waals surface area contributed by atoms with Gasteiger partial charge >= 0.3 is 0 Å². The predicted molar refractivity (Wildman–Crippen MR) is 78.1 cm³/mol. The van der Waals surface area contributed by atoms with Gasteiger partial charge in [0.15, 0.2) is 0 Å². The van der Waals surface area contributed by atoms with E-state index in [1.807, 2.05) is 0 Å². The summed E-state index contributed by atoms with van der Waals surface area (Å²) in [5.41, 5.74) is 0. The highest BCUT2D eigenvalue weighted by molar-refractivity contribution is 5.79. The van der Waals surface area contributed by atoms with Crippen LogP contribution in [0.5, 0.6) is 0 Å². The van der Waals surface area contributed by atoms with E-state index in [1.54, 1.807) is 0 Å². The molecule has 2 saturated heterocycles. The number of carbonyl (C=O) groups is 1. The highest BCUT2D eigenvalue weighted by atomic mass is 16.5. The maximum Gasteiger partial charge on any atom is 0.224 e. The van der Waals surface area contributed by atoms with Gasteiger partial charge in [-0.1, -0.05) is 6.92 Å². The zero-order chi connectivity index (χ0) is 14.8. The number of amides is 1. The molecule has 3 aliphatic rings. The van der Waals surface area contributed by atoms with Crippen molar-refractivity contribution in [3.8, 4) is 6.07 Å².